The second kappa shape index (κ2) is 13.3. The van der Waals surface area contributed by atoms with Crippen molar-refractivity contribution < 1.29 is 28.4 Å². The molecule has 49 heavy (non-hydrogen) atoms. The first-order valence-corrected chi connectivity index (χ1v) is 19.6. The number of carbonyl (C=O) groups is 2. The Labute approximate surface area is 294 Å². The summed E-state index contributed by atoms with van der Waals surface area (Å²) in [6, 6.07) is 9.51. The van der Waals surface area contributed by atoms with Crippen molar-refractivity contribution in [3.63, 3.8) is 0 Å². The molecule has 3 heterocycles. The quantitative estimate of drug-likeness (QED) is 0.392. The van der Waals surface area contributed by atoms with Crippen molar-refractivity contribution in [1.82, 2.24) is 9.71 Å². The lowest BCUT2D eigenvalue weighted by molar-refractivity contribution is -0.137. The highest BCUT2D eigenvalue weighted by Gasteiger charge is 2.46. The molecule has 264 valence electrons. The molecule has 1 aromatic heterocycles. The Kier molecular flexibility index (Phi) is 9.34. The number of allylic oxidation sites excluding steroid dienone is 1. The standard InChI is InChI=1S/C37H47ClN4O6S/c1-23-6-4-8-31(47-3)28-11-9-25(28)19-42-21-37(15-5-7-24-16-27(38)10-12-29(24)37)22-48-32-14-13-30(39-33(32)42)35(44)41-49(46,20-23)40-34(43)26-17-36(2,45)18-26/h4,8,10,12-14,16,23,25-26,28,31,45H,5-7,9,11,15,17-22H2,1-3H3,(H,40,41,43,44,46)/b8-4+/t23-,25-,26-,28+,31-,36+,37-,49+/m0/s1. The summed E-state index contributed by atoms with van der Waals surface area (Å²) in [6.45, 7) is 5.45. The molecule has 1 aromatic carbocycles. The Morgan fingerprint density at radius 2 is 2.04 bits per heavy atom. The first-order chi connectivity index (χ1) is 23.4. The molecule has 3 aliphatic carbocycles. The van der Waals surface area contributed by atoms with Crippen molar-refractivity contribution in [2.45, 2.75) is 82.3 Å². The summed E-state index contributed by atoms with van der Waals surface area (Å²) < 4.78 is 33.8. The van der Waals surface area contributed by atoms with Gasteiger partial charge in [0, 0.05) is 36.6 Å². The van der Waals surface area contributed by atoms with Crippen molar-refractivity contribution >= 4 is 39.1 Å². The van der Waals surface area contributed by atoms with Crippen LogP contribution in [0.15, 0.2) is 46.8 Å². The summed E-state index contributed by atoms with van der Waals surface area (Å²) in [5, 5.41) is 10.9. The Bertz CT molecular complexity index is 1780. The minimum atomic E-state index is -3.52. The largest absolute Gasteiger partial charge is 0.489 e. The predicted octanol–water partition coefficient (Wildman–Crippen LogP) is 5.65. The van der Waals surface area contributed by atoms with E-state index in [1.165, 1.54) is 11.1 Å². The van der Waals surface area contributed by atoms with Crippen molar-refractivity contribution in [2.75, 3.05) is 37.5 Å². The zero-order valence-corrected chi connectivity index (χ0v) is 30.1. The summed E-state index contributed by atoms with van der Waals surface area (Å²) in [6.07, 6.45) is 10.2. The number of aromatic nitrogens is 1. The fourth-order valence-electron chi connectivity index (χ4n) is 8.64. The fourth-order valence-corrected chi connectivity index (χ4v) is 10.8. The number of aryl methyl sites for hydroxylation is 1. The molecular formula is C37H47ClN4O6S. The lowest BCUT2D eigenvalue weighted by Crippen LogP contribution is -2.50. The van der Waals surface area contributed by atoms with E-state index in [2.05, 4.69) is 38.3 Å². The Hall–Kier alpha value is -2.99. The third kappa shape index (κ3) is 7.01. The number of benzene rings is 1. The summed E-state index contributed by atoms with van der Waals surface area (Å²) in [5.74, 6) is -0.0328. The van der Waals surface area contributed by atoms with Crippen LogP contribution in [0.1, 0.15) is 80.4 Å². The average Bonchev–Trinajstić information content (AvgIpc) is 3.17. The maximum atomic E-state index is 14.4. The van der Waals surface area contributed by atoms with Gasteiger partial charge < -0.3 is 19.5 Å². The van der Waals surface area contributed by atoms with Crippen LogP contribution >= 0.6 is 11.6 Å². The van der Waals surface area contributed by atoms with E-state index >= 15 is 0 Å². The fraction of sp³-hybridized carbons (Fsp3) is 0.595. The van der Waals surface area contributed by atoms with E-state index < -0.39 is 33.2 Å². The summed E-state index contributed by atoms with van der Waals surface area (Å²) >= 11 is 6.43. The molecule has 2 aromatic rings. The van der Waals surface area contributed by atoms with Gasteiger partial charge >= 0.3 is 5.91 Å². The lowest BCUT2D eigenvalue weighted by Gasteiger charge is -2.45. The molecule has 2 saturated carbocycles. The highest BCUT2D eigenvalue weighted by molar-refractivity contribution is 7.92. The molecule has 0 radical (unpaired) electrons. The van der Waals surface area contributed by atoms with Crippen molar-refractivity contribution in [3.05, 3.63) is 64.3 Å². The number of anilines is 1. The van der Waals surface area contributed by atoms with Crippen LogP contribution in [0.2, 0.25) is 5.02 Å². The van der Waals surface area contributed by atoms with Crippen LogP contribution in [-0.2, 0) is 31.3 Å². The molecule has 10 nitrogen and oxygen atoms in total. The van der Waals surface area contributed by atoms with Gasteiger partial charge in [0.25, 0.3) is 0 Å². The average molecular weight is 711 g/mol. The van der Waals surface area contributed by atoms with Crippen LogP contribution in [0, 0.1) is 23.7 Å². The summed E-state index contributed by atoms with van der Waals surface area (Å²) in [5.41, 5.74) is 1.31. The molecule has 2 bridgehead atoms. The van der Waals surface area contributed by atoms with Crippen molar-refractivity contribution in [3.8, 4) is 5.75 Å². The van der Waals surface area contributed by atoms with Gasteiger partial charge in [-0.15, -0.1) is 4.36 Å². The van der Waals surface area contributed by atoms with Gasteiger partial charge in [-0.3, -0.25) is 14.3 Å². The maximum absolute atomic E-state index is 14.4. The monoisotopic (exact) mass is 710 g/mol. The van der Waals surface area contributed by atoms with Gasteiger partial charge in [-0.25, -0.2) is 9.19 Å². The number of amides is 2. The van der Waals surface area contributed by atoms with Crippen LogP contribution in [-0.4, -0.2) is 70.4 Å². The van der Waals surface area contributed by atoms with E-state index in [0.29, 0.717) is 43.0 Å². The third-order valence-corrected chi connectivity index (χ3v) is 13.6. The number of nitrogens with zero attached hydrogens (tertiary/aromatic N) is 3. The molecule has 2 amide bonds. The van der Waals surface area contributed by atoms with E-state index in [4.69, 9.17) is 26.1 Å². The third-order valence-electron chi connectivity index (χ3n) is 11.3. The highest BCUT2D eigenvalue weighted by Crippen LogP contribution is 2.46. The van der Waals surface area contributed by atoms with Crippen LogP contribution in [0.5, 0.6) is 5.75 Å². The molecule has 2 aliphatic heterocycles. The number of nitrogens with one attached hydrogen (secondary N) is 1. The number of aliphatic hydroxyl groups is 1. The summed E-state index contributed by atoms with van der Waals surface area (Å²) in [7, 11) is -1.77. The molecule has 12 heteroatoms. The zero-order chi connectivity index (χ0) is 34.6. The van der Waals surface area contributed by atoms with E-state index in [0.717, 1.165) is 43.7 Å². The Morgan fingerprint density at radius 3 is 2.78 bits per heavy atom. The number of hydrogen-bond donors (Lipinski definition) is 2. The second-order valence-electron chi connectivity index (χ2n) is 15.4. The van der Waals surface area contributed by atoms with Gasteiger partial charge in [0.1, 0.15) is 15.6 Å². The van der Waals surface area contributed by atoms with Gasteiger partial charge in [-0.2, -0.15) is 0 Å². The first-order valence-electron chi connectivity index (χ1n) is 17.6. The van der Waals surface area contributed by atoms with E-state index in [1.807, 2.05) is 13.0 Å². The SMILES string of the molecule is CO[C@H]1/C=C/C[C@H](C)C[S@@](=O)(NC(=O)[C@H]2C[C@@](C)(O)C2)=NC(=O)c2ccc3c(n2)N(C[C@@H]2CC[C@H]21)C[C@@]1(CCCc2cc(Cl)ccc21)CO3. The number of pyridine rings is 1. The number of methoxy groups -OCH3 is 1. The topological polar surface area (TPSA) is 130 Å². The van der Waals surface area contributed by atoms with Crippen LogP contribution in [0.3, 0.4) is 0 Å². The van der Waals surface area contributed by atoms with Gasteiger partial charge in [-0.05, 0) is 111 Å². The first kappa shape index (κ1) is 34.5. The Balaban J connectivity index is 1.28. The number of hydrogen-bond acceptors (Lipinski definition) is 8. The molecule has 0 unspecified atom stereocenters. The van der Waals surface area contributed by atoms with E-state index in [9.17, 15) is 18.9 Å². The van der Waals surface area contributed by atoms with Crippen LogP contribution in [0.25, 0.3) is 0 Å². The predicted molar refractivity (Wildman–Crippen MR) is 189 cm³/mol. The normalized spacial score (nSPS) is 36.5. The number of rotatable bonds is 3. The minimum Gasteiger partial charge on any atom is -0.489 e. The number of ether oxygens (including phenoxy) is 2. The molecule has 6 atom stereocenters. The van der Waals surface area contributed by atoms with Crippen LogP contribution in [0.4, 0.5) is 5.82 Å². The smallest absolute Gasteiger partial charge is 0.305 e. The van der Waals surface area contributed by atoms with E-state index in [1.54, 1.807) is 26.2 Å². The second-order valence-corrected chi connectivity index (χ2v) is 17.8. The molecule has 2 fully saturated rings. The molecule has 7 rings (SSSR count). The number of halogens is 1. The molecule has 2 N–H and O–H groups in total. The zero-order valence-electron chi connectivity index (χ0n) is 28.5. The number of carbonyl (C=O) groups excluding carboxylic acids is 2. The molecule has 0 saturated heterocycles. The lowest BCUT2D eigenvalue weighted by atomic mass is 9.68. The van der Waals surface area contributed by atoms with Gasteiger partial charge in [-0.1, -0.05) is 36.7 Å². The highest BCUT2D eigenvalue weighted by atomic mass is 35.5. The van der Waals surface area contributed by atoms with Crippen molar-refractivity contribution in [1.29, 1.82) is 0 Å². The van der Waals surface area contributed by atoms with Gasteiger partial charge in [0.15, 0.2) is 11.6 Å². The molecule has 1 spiro atoms. The van der Waals surface area contributed by atoms with Crippen LogP contribution < -0.4 is 14.4 Å². The van der Waals surface area contributed by atoms with Gasteiger partial charge in [0.05, 0.1) is 24.1 Å². The van der Waals surface area contributed by atoms with Crippen molar-refractivity contribution in [2.24, 2.45) is 28.0 Å². The maximum Gasteiger partial charge on any atom is 0.305 e. The summed E-state index contributed by atoms with van der Waals surface area (Å²) in [4.78, 5) is 34.2. The molecular weight excluding hydrogens is 664 g/mol. The Morgan fingerprint density at radius 1 is 1.22 bits per heavy atom. The minimum absolute atomic E-state index is 0.00619. The van der Waals surface area contributed by atoms with Gasteiger partial charge in [0.2, 0.25) is 5.91 Å². The number of fused-ring (bicyclic) bond motifs is 4. The van der Waals surface area contributed by atoms with E-state index in [-0.39, 0.29) is 41.7 Å². The molecule has 5 aliphatic rings.